The Bertz CT molecular complexity index is 464. The SMILES string of the molecule is CN(C(=O)CN1CCN(CC(=O)N2CCCCC2)CC1)C1CCCCC1. The fourth-order valence-corrected chi connectivity index (χ4v) is 4.51. The predicted octanol–water partition coefficient (Wildman–Crippen LogP) is 1.41. The summed E-state index contributed by atoms with van der Waals surface area (Å²) in [5, 5.41) is 0. The molecule has 6 heteroatoms. The average Bonchev–Trinajstić information content (AvgIpc) is 2.70. The van der Waals surface area contributed by atoms with E-state index in [1.807, 2.05) is 16.8 Å². The van der Waals surface area contributed by atoms with Crippen molar-refractivity contribution in [1.82, 2.24) is 19.6 Å². The van der Waals surface area contributed by atoms with Gasteiger partial charge < -0.3 is 9.80 Å². The largest absolute Gasteiger partial charge is 0.342 e. The molecule has 0 aromatic rings. The van der Waals surface area contributed by atoms with Gasteiger partial charge in [0.05, 0.1) is 13.1 Å². The van der Waals surface area contributed by atoms with Crippen LogP contribution < -0.4 is 0 Å². The Kier molecular flexibility index (Phi) is 7.32. The molecule has 0 bridgehead atoms. The first kappa shape index (κ1) is 19.6. The number of rotatable bonds is 5. The number of carbonyl (C=O) groups is 2. The number of carbonyl (C=O) groups excluding carboxylic acids is 2. The van der Waals surface area contributed by atoms with Gasteiger partial charge in [0.1, 0.15) is 0 Å². The molecule has 148 valence electrons. The summed E-state index contributed by atoms with van der Waals surface area (Å²) in [6.07, 6.45) is 9.70. The van der Waals surface area contributed by atoms with Crippen LogP contribution >= 0.6 is 0 Å². The molecule has 0 aromatic heterocycles. The Labute approximate surface area is 158 Å². The molecule has 2 aliphatic heterocycles. The molecular formula is C20H36N4O2. The molecule has 2 heterocycles. The van der Waals surface area contributed by atoms with E-state index in [4.69, 9.17) is 0 Å². The highest BCUT2D eigenvalue weighted by Crippen LogP contribution is 2.21. The fraction of sp³-hybridized carbons (Fsp3) is 0.900. The second kappa shape index (κ2) is 9.70. The zero-order valence-corrected chi connectivity index (χ0v) is 16.5. The molecule has 0 N–H and O–H groups in total. The van der Waals surface area contributed by atoms with Crippen LogP contribution in [0.3, 0.4) is 0 Å². The summed E-state index contributed by atoms with van der Waals surface area (Å²) in [7, 11) is 1.98. The highest BCUT2D eigenvalue weighted by molar-refractivity contribution is 5.79. The van der Waals surface area contributed by atoms with Gasteiger partial charge in [0, 0.05) is 52.4 Å². The van der Waals surface area contributed by atoms with E-state index in [1.165, 1.54) is 25.7 Å². The van der Waals surface area contributed by atoms with Gasteiger partial charge >= 0.3 is 0 Å². The molecule has 3 fully saturated rings. The molecule has 0 radical (unpaired) electrons. The van der Waals surface area contributed by atoms with Gasteiger partial charge in [-0.15, -0.1) is 0 Å². The number of amides is 2. The van der Waals surface area contributed by atoms with Crippen molar-refractivity contribution in [1.29, 1.82) is 0 Å². The molecule has 3 rings (SSSR count). The third kappa shape index (κ3) is 5.43. The molecule has 0 atom stereocenters. The van der Waals surface area contributed by atoms with Crippen LogP contribution in [-0.4, -0.2) is 96.9 Å². The van der Waals surface area contributed by atoms with Crippen molar-refractivity contribution in [3.05, 3.63) is 0 Å². The Morgan fingerprint density at radius 2 is 1.31 bits per heavy atom. The van der Waals surface area contributed by atoms with E-state index in [-0.39, 0.29) is 11.8 Å². The number of hydrogen-bond donors (Lipinski definition) is 0. The van der Waals surface area contributed by atoms with Crippen molar-refractivity contribution in [2.24, 2.45) is 0 Å². The highest BCUT2D eigenvalue weighted by atomic mass is 16.2. The lowest BCUT2D eigenvalue weighted by molar-refractivity contribution is -0.136. The maximum absolute atomic E-state index is 12.6. The van der Waals surface area contributed by atoms with Crippen LogP contribution in [0.1, 0.15) is 51.4 Å². The van der Waals surface area contributed by atoms with Crippen LogP contribution in [0.15, 0.2) is 0 Å². The molecule has 0 spiro atoms. The van der Waals surface area contributed by atoms with Gasteiger partial charge in [-0.05, 0) is 32.1 Å². The summed E-state index contributed by atoms with van der Waals surface area (Å²) < 4.78 is 0. The highest BCUT2D eigenvalue weighted by Gasteiger charge is 2.26. The van der Waals surface area contributed by atoms with Gasteiger partial charge in [-0.1, -0.05) is 19.3 Å². The van der Waals surface area contributed by atoms with Crippen molar-refractivity contribution in [2.45, 2.75) is 57.4 Å². The average molecular weight is 365 g/mol. The first-order chi connectivity index (χ1) is 12.6. The lowest BCUT2D eigenvalue weighted by Gasteiger charge is -2.37. The quantitative estimate of drug-likeness (QED) is 0.740. The van der Waals surface area contributed by atoms with Crippen molar-refractivity contribution in [3.63, 3.8) is 0 Å². The van der Waals surface area contributed by atoms with Crippen LogP contribution in [0.5, 0.6) is 0 Å². The number of piperidine rings is 1. The predicted molar refractivity (Wildman–Crippen MR) is 103 cm³/mol. The maximum Gasteiger partial charge on any atom is 0.236 e. The van der Waals surface area contributed by atoms with Crippen LogP contribution in [0.25, 0.3) is 0 Å². The molecular weight excluding hydrogens is 328 g/mol. The van der Waals surface area contributed by atoms with E-state index in [1.54, 1.807) is 0 Å². The van der Waals surface area contributed by atoms with Crippen LogP contribution in [0.4, 0.5) is 0 Å². The number of piperazine rings is 1. The Morgan fingerprint density at radius 1 is 0.769 bits per heavy atom. The van der Waals surface area contributed by atoms with Crippen LogP contribution in [-0.2, 0) is 9.59 Å². The summed E-state index contributed by atoms with van der Waals surface area (Å²) in [6.45, 7) is 6.49. The first-order valence-electron chi connectivity index (χ1n) is 10.6. The molecule has 6 nitrogen and oxygen atoms in total. The third-order valence-electron chi connectivity index (χ3n) is 6.41. The van der Waals surface area contributed by atoms with Crippen molar-refractivity contribution >= 4 is 11.8 Å². The zero-order chi connectivity index (χ0) is 18.4. The van der Waals surface area contributed by atoms with E-state index < -0.39 is 0 Å². The number of likely N-dealkylation sites (N-methyl/N-ethyl adjacent to an activating group) is 1. The van der Waals surface area contributed by atoms with Crippen molar-refractivity contribution < 1.29 is 9.59 Å². The lowest BCUT2D eigenvalue weighted by Crippen LogP contribution is -2.53. The molecule has 3 aliphatic rings. The maximum atomic E-state index is 12.6. The summed E-state index contributed by atoms with van der Waals surface area (Å²) in [5.41, 5.74) is 0. The van der Waals surface area contributed by atoms with Gasteiger partial charge in [0.15, 0.2) is 0 Å². The van der Waals surface area contributed by atoms with E-state index in [0.29, 0.717) is 19.1 Å². The lowest BCUT2D eigenvalue weighted by atomic mass is 9.94. The fourth-order valence-electron chi connectivity index (χ4n) is 4.51. The second-order valence-electron chi connectivity index (χ2n) is 8.29. The van der Waals surface area contributed by atoms with E-state index >= 15 is 0 Å². The molecule has 1 aliphatic carbocycles. The molecule has 2 amide bonds. The third-order valence-corrected chi connectivity index (χ3v) is 6.41. The summed E-state index contributed by atoms with van der Waals surface area (Å²) in [4.78, 5) is 33.5. The van der Waals surface area contributed by atoms with Crippen LogP contribution in [0, 0.1) is 0 Å². The van der Waals surface area contributed by atoms with E-state index in [9.17, 15) is 9.59 Å². The zero-order valence-electron chi connectivity index (χ0n) is 16.5. The van der Waals surface area contributed by atoms with Crippen molar-refractivity contribution in [2.75, 3.05) is 59.4 Å². The first-order valence-corrected chi connectivity index (χ1v) is 10.6. The smallest absolute Gasteiger partial charge is 0.236 e. The second-order valence-corrected chi connectivity index (χ2v) is 8.29. The van der Waals surface area contributed by atoms with Crippen LogP contribution in [0.2, 0.25) is 0 Å². The minimum absolute atomic E-state index is 0.259. The van der Waals surface area contributed by atoms with Gasteiger partial charge in [0.25, 0.3) is 0 Å². The topological polar surface area (TPSA) is 47.1 Å². The minimum Gasteiger partial charge on any atom is -0.342 e. The summed E-state index contributed by atoms with van der Waals surface area (Å²) >= 11 is 0. The monoisotopic (exact) mass is 364 g/mol. The Morgan fingerprint density at radius 3 is 1.92 bits per heavy atom. The molecule has 26 heavy (non-hydrogen) atoms. The summed E-state index contributed by atoms with van der Waals surface area (Å²) in [6, 6.07) is 0.444. The summed E-state index contributed by atoms with van der Waals surface area (Å²) in [5.74, 6) is 0.543. The number of nitrogens with zero attached hydrogens (tertiary/aromatic N) is 4. The molecule has 2 saturated heterocycles. The van der Waals surface area contributed by atoms with Crippen molar-refractivity contribution in [3.8, 4) is 0 Å². The Hall–Kier alpha value is -1.14. The van der Waals surface area contributed by atoms with Gasteiger partial charge in [0.2, 0.25) is 11.8 Å². The number of likely N-dealkylation sites (tertiary alicyclic amines) is 1. The normalized spacial score (nSPS) is 23.8. The Balaban J connectivity index is 1.36. The molecule has 1 saturated carbocycles. The van der Waals surface area contributed by atoms with E-state index in [2.05, 4.69) is 9.80 Å². The van der Waals surface area contributed by atoms with Gasteiger partial charge in [-0.3, -0.25) is 19.4 Å². The number of hydrogen-bond acceptors (Lipinski definition) is 4. The van der Waals surface area contributed by atoms with Gasteiger partial charge in [-0.2, -0.15) is 0 Å². The minimum atomic E-state index is 0.259. The standard InChI is InChI=1S/C20H36N4O2/c1-21(18-8-4-2-5-9-18)19(25)16-22-12-14-23(15-13-22)17-20(26)24-10-6-3-7-11-24/h18H,2-17H2,1H3. The molecule has 0 unspecified atom stereocenters. The van der Waals surface area contributed by atoms with E-state index in [0.717, 1.165) is 65.0 Å². The molecule has 0 aromatic carbocycles. The van der Waals surface area contributed by atoms with Gasteiger partial charge in [-0.25, -0.2) is 0 Å².